The number of H-pyrrole nitrogens is 1. The topological polar surface area (TPSA) is 120 Å². The van der Waals surface area contributed by atoms with Gasteiger partial charge in [-0.1, -0.05) is 19.3 Å². The second-order valence-electron chi connectivity index (χ2n) is 7.78. The van der Waals surface area contributed by atoms with Crippen molar-refractivity contribution in [2.75, 3.05) is 0 Å². The second kappa shape index (κ2) is 7.08. The third-order valence-corrected chi connectivity index (χ3v) is 5.86. The Kier molecular flexibility index (Phi) is 4.08. The van der Waals surface area contributed by atoms with Crippen molar-refractivity contribution in [2.45, 2.75) is 38.0 Å². The van der Waals surface area contributed by atoms with Gasteiger partial charge in [0.15, 0.2) is 11.6 Å². The van der Waals surface area contributed by atoms with Crippen LogP contribution in [-0.4, -0.2) is 44.3 Å². The molecule has 154 valence electrons. The summed E-state index contributed by atoms with van der Waals surface area (Å²) >= 11 is 0. The Labute approximate surface area is 176 Å². The predicted molar refractivity (Wildman–Crippen MR) is 113 cm³/mol. The van der Waals surface area contributed by atoms with Gasteiger partial charge in [-0.2, -0.15) is 14.5 Å². The highest BCUT2D eigenvalue weighted by Gasteiger charge is 2.21. The fourth-order valence-corrected chi connectivity index (χ4v) is 4.23. The normalized spacial score (nSPS) is 15.1. The van der Waals surface area contributed by atoms with Crippen molar-refractivity contribution in [2.24, 2.45) is 0 Å². The monoisotopic (exact) mass is 413 g/mol. The van der Waals surface area contributed by atoms with Crippen molar-refractivity contribution >= 4 is 16.7 Å². The fourth-order valence-electron chi connectivity index (χ4n) is 4.23. The maximum Gasteiger partial charge on any atom is 0.268 e. The Morgan fingerprint density at radius 2 is 1.87 bits per heavy atom. The summed E-state index contributed by atoms with van der Waals surface area (Å²) in [6, 6.07) is 5.47. The van der Waals surface area contributed by atoms with Crippen LogP contribution in [0.3, 0.4) is 0 Å². The average molecular weight is 413 g/mol. The van der Waals surface area contributed by atoms with Gasteiger partial charge in [0, 0.05) is 36.3 Å². The molecule has 0 aliphatic heterocycles. The lowest BCUT2D eigenvalue weighted by Crippen LogP contribution is -2.20. The molecule has 1 N–H and O–H groups in total. The first-order chi connectivity index (χ1) is 15.3. The molecule has 5 aromatic heterocycles. The molecule has 1 saturated carbocycles. The van der Waals surface area contributed by atoms with Gasteiger partial charge in [0.05, 0.1) is 10.9 Å². The zero-order valence-corrected chi connectivity index (χ0v) is 16.6. The SMILES string of the molecule is O=c1c2cnc3nc(C4CCCCC4)nn3c2ccn1-c1n[nH]c(-c2ccncc2)n1. The van der Waals surface area contributed by atoms with Crippen LogP contribution in [0, 0.1) is 0 Å². The van der Waals surface area contributed by atoms with E-state index in [9.17, 15) is 4.79 Å². The van der Waals surface area contributed by atoms with E-state index in [0.717, 1.165) is 24.2 Å². The number of aromatic nitrogens is 9. The minimum absolute atomic E-state index is 0.262. The largest absolute Gasteiger partial charge is 0.268 e. The summed E-state index contributed by atoms with van der Waals surface area (Å²) in [6.45, 7) is 0. The molecule has 0 spiro atoms. The first kappa shape index (κ1) is 17.9. The Bertz CT molecular complexity index is 1440. The summed E-state index contributed by atoms with van der Waals surface area (Å²) in [4.78, 5) is 30.7. The number of pyridine rings is 2. The molecule has 5 heterocycles. The van der Waals surface area contributed by atoms with Gasteiger partial charge in [0.25, 0.3) is 17.3 Å². The van der Waals surface area contributed by atoms with Gasteiger partial charge in [-0.15, -0.1) is 10.2 Å². The molecule has 1 aliphatic rings. The maximum absolute atomic E-state index is 13.2. The molecule has 1 aliphatic carbocycles. The highest BCUT2D eigenvalue weighted by Crippen LogP contribution is 2.31. The summed E-state index contributed by atoms with van der Waals surface area (Å²) in [7, 11) is 0. The first-order valence-corrected chi connectivity index (χ1v) is 10.4. The van der Waals surface area contributed by atoms with Crippen LogP contribution in [-0.2, 0) is 0 Å². The molecule has 0 unspecified atom stereocenters. The molecule has 10 nitrogen and oxygen atoms in total. The lowest BCUT2D eigenvalue weighted by atomic mass is 9.89. The average Bonchev–Trinajstić information content (AvgIpc) is 3.48. The van der Waals surface area contributed by atoms with Gasteiger partial charge in [0.1, 0.15) is 0 Å². The number of nitrogens with one attached hydrogen (secondary N) is 1. The summed E-state index contributed by atoms with van der Waals surface area (Å²) in [5, 5.41) is 12.2. The molecule has 0 bridgehead atoms. The zero-order chi connectivity index (χ0) is 20.8. The van der Waals surface area contributed by atoms with Crippen molar-refractivity contribution in [3.63, 3.8) is 0 Å². The van der Waals surface area contributed by atoms with Gasteiger partial charge >= 0.3 is 0 Å². The zero-order valence-electron chi connectivity index (χ0n) is 16.6. The van der Waals surface area contributed by atoms with Crippen LogP contribution in [0.4, 0.5) is 0 Å². The van der Waals surface area contributed by atoms with Gasteiger partial charge in [0.2, 0.25) is 0 Å². The second-order valence-corrected chi connectivity index (χ2v) is 7.78. The van der Waals surface area contributed by atoms with Crippen LogP contribution in [0.1, 0.15) is 43.8 Å². The standard InChI is InChI=1S/C21H19N9O/c31-19-15-12-23-20-25-18(13-4-2-1-3-5-13)28-30(20)16(15)8-11-29(19)21-24-17(26-27-21)14-6-9-22-10-7-14/h6-13H,1-5H2,(H,24,26,27). The molecule has 5 aromatic rings. The Balaban J connectivity index is 1.43. The van der Waals surface area contributed by atoms with Gasteiger partial charge in [-0.25, -0.2) is 9.55 Å². The van der Waals surface area contributed by atoms with Crippen LogP contribution in [0.2, 0.25) is 0 Å². The number of fused-ring (bicyclic) bond motifs is 3. The van der Waals surface area contributed by atoms with Crippen molar-refractivity contribution in [3.8, 4) is 17.3 Å². The van der Waals surface area contributed by atoms with E-state index in [1.54, 1.807) is 29.3 Å². The maximum atomic E-state index is 13.2. The summed E-state index contributed by atoms with van der Waals surface area (Å²) < 4.78 is 3.07. The molecule has 0 amide bonds. The predicted octanol–water partition coefficient (Wildman–Crippen LogP) is 2.66. The van der Waals surface area contributed by atoms with Crippen molar-refractivity contribution in [1.29, 1.82) is 0 Å². The molecule has 10 heteroatoms. The third-order valence-electron chi connectivity index (χ3n) is 5.86. The lowest BCUT2D eigenvalue weighted by Gasteiger charge is -2.17. The van der Waals surface area contributed by atoms with E-state index in [1.165, 1.54) is 23.8 Å². The molecular formula is C21H19N9O. The quantitative estimate of drug-likeness (QED) is 0.483. The van der Waals surface area contributed by atoms with Gasteiger partial charge in [-0.05, 0) is 31.0 Å². The number of aromatic amines is 1. The van der Waals surface area contributed by atoms with Crippen molar-refractivity contribution in [3.05, 3.63) is 59.2 Å². The van der Waals surface area contributed by atoms with Gasteiger partial charge in [-0.3, -0.25) is 14.9 Å². The van der Waals surface area contributed by atoms with Crippen LogP contribution in [0.5, 0.6) is 0 Å². The number of hydrogen-bond acceptors (Lipinski definition) is 7. The molecule has 0 radical (unpaired) electrons. The van der Waals surface area contributed by atoms with Crippen molar-refractivity contribution < 1.29 is 0 Å². The van der Waals surface area contributed by atoms with E-state index in [2.05, 4.69) is 30.1 Å². The Morgan fingerprint density at radius 3 is 2.71 bits per heavy atom. The molecule has 31 heavy (non-hydrogen) atoms. The minimum Gasteiger partial charge on any atom is -0.268 e. The van der Waals surface area contributed by atoms with E-state index >= 15 is 0 Å². The number of hydrogen-bond donors (Lipinski definition) is 1. The van der Waals surface area contributed by atoms with E-state index in [-0.39, 0.29) is 11.5 Å². The molecule has 0 saturated heterocycles. The molecular weight excluding hydrogens is 394 g/mol. The first-order valence-electron chi connectivity index (χ1n) is 10.4. The van der Waals surface area contributed by atoms with Crippen LogP contribution in [0.15, 0.2) is 47.8 Å². The summed E-state index contributed by atoms with van der Waals surface area (Å²) in [6.07, 6.45) is 12.5. The number of rotatable bonds is 3. The Hall–Kier alpha value is -3.95. The highest BCUT2D eigenvalue weighted by atomic mass is 16.1. The molecule has 0 atom stereocenters. The van der Waals surface area contributed by atoms with E-state index in [4.69, 9.17) is 5.10 Å². The molecule has 1 fully saturated rings. The van der Waals surface area contributed by atoms with E-state index < -0.39 is 0 Å². The Morgan fingerprint density at radius 1 is 1.03 bits per heavy atom. The minimum atomic E-state index is -0.262. The molecule has 0 aromatic carbocycles. The fraction of sp³-hybridized carbons (Fsp3) is 0.286. The smallest absolute Gasteiger partial charge is 0.268 e. The van der Waals surface area contributed by atoms with Crippen LogP contribution >= 0.6 is 0 Å². The third kappa shape index (κ3) is 2.98. The van der Waals surface area contributed by atoms with E-state index in [0.29, 0.717) is 28.4 Å². The lowest BCUT2D eigenvalue weighted by molar-refractivity contribution is 0.429. The highest BCUT2D eigenvalue weighted by molar-refractivity contribution is 5.78. The van der Waals surface area contributed by atoms with Crippen molar-refractivity contribution in [1.82, 2.24) is 44.3 Å². The van der Waals surface area contributed by atoms with Crippen LogP contribution < -0.4 is 5.56 Å². The molecule has 6 rings (SSSR count). The number of nitrogens with zero attached hydrogens (tertiary/aromatic N) is 8. The van der Waals surface area contributed by atoms with E-state index in [1.807, 2.05) is 18.2 Å². The van der Waals surface area contributed by atoms with Crippen LogP contribution in [0.25, 0.3) is 34.0 Å². The summed E-state index contributed by atoms with van der Waals surface area (Å²) in [5.74, 6) is 2.53. The summed E-state index contributed by atoms with van der Waals surface area (Å²) in [5.41, 5.74) is 1.25. The van der Waals surface area contributed by atoms with Gasteiger partial charge < -0.3 is 0 Å².